The van der Waals surface area contributed by atoms with Crippen LogP contribution in [0.5, 0.6) is 0 Å². The van der Waals surface area contributed by atoms with Crippen LogP contribution in [0.3, 0.4) is 0 Å². The Bertz CT molecular complexity index is 263. The van der Waals surface area contributed by atoms with Gasteiger partial charge in [0.25, 0.3) is 0 Å². The summed E-state index contributed by atoms with van der Waals surface area (Å²) >= 11 is 0. The Morgan fingerprint density at radius 1 is 0.750 bits per heavy atom. The molecule has 0 atom stereocenters. The highest BCUT2D eigenvalue weighted by Crippen LogP contribution is 2.21. The largest absolute Gasteiger partial charge is 0.466 e. The second-order valence-electron chi connectivity index (χ2n) is 7.86. The summed E-state index contributed by atoms with van der Waals surface area (Å²) in [4.78, 5) is 11.8. The molecule has 0 N–H and O–H groups in total. The number of rotatable bonds is 17. The third-order valence-corrected chi connectivity index (χ3v) is 4.88. The van der Waals surface area contributed by atoms with Crippen molar-refractivity contribution in [3.05, 3.63) is 0 Å². The van der Waals surface area contributed by atoms with Gasteiger partial charge in [-0.3, -0.25) is 4.79 Å². The van der Waals surface area contributed by atoms with E-state index in [1.807, 2.05) is 0 Å². The molecule has 24 heavy (non-hydrogen) atoms. The number of hydrogen-bond donors (Lipinski definition) is 0. The first-order valence-electron chi connectivity index (χ1n) is 10.8. The van der Waals surface area contributed by atoms with Crippen molar-refractivity contribution in [1.29, 1.82) is 0 Å². The second kappa shape index (κ2) is 17.3. The lowest BCUT2D eigenvalue weighted by Crippen LogP contribution is -2.10. The summed E-state index contributed by atoms with van der Waals surface area (Å²) in [6, 6.07) is 0. The summed E-state index contributed by atoms with van der Waals surface area (Å²) in [5.41, 5.74) is 0. The molecule has 0 radical (unpaired) electrons. The van der Waals surface area contributed by atoms with E-state index < -0.39 is 0 Å². The van der Waals surface area contributed by atoms with E-state index in [0.717, 1.165) is 31.1 Å². The van der Waals surface area contributed by atoms with Gasteiger partial charge in [0.2, 0.25) is 0 Å². The van der Waals surface area contributed by atoms with Gasteiger partial charge >= 0.3 is 5.97 Å². The maximum Gasteiger partial charge on any atom is 0.305 e. The fourth-order valence-corrected chi connectivity index (χ4v) is 3.21. The zero-order chi connectivity index (χ0) is 18.0. The van der Waals surface area contributed by atoms with Crippen LogP contribution >= 0.6 is 0 Å². The van der Waals surface area contributed by atoms with Crippen molar-refractivity contribution in [2.24, 2.45) is 11.8 Å². The van der Waals surface area contributed by atoms with Gasteiger partial charge in [0.1, 0.15) is 0 Å². The molecule has 0 aromatic carbocycles. The van der Waals surface area contributed by atoms with E-state index in [1.165, 1.54) is 64.2 Å². The molecular formula is C22H44O2. The van der Waals surface area contributed by atoms with Crippen molar-refractivity contribution in [3.8, 4) is 0 Å². The van der Waals surface area contributed by atoms with Crippen LogP contribution in [0, 0.1) is 11.8 Å². The fraction of sp³-hybridized carbons (Fsp3) is 0.955. The fourth-order valence-electron chi connectivity index (χ4n) is 3.21. The smallest absolute Gasteiger partial charge is 0.305 e. The molecule has 0 saturated carbocycles. The average molecular weight is 341 g/mol. The number of carbonyl (C=O) groups excluding carboxylic acids is 1. The molecule has 2 nitrogen and oxygen atoms in total. The van der Waals surface area contributed by atoms with E-state index in [2.05, 4.69) is 27.7 Å². The maximum absolute atomic E-state index is 11.8. The van der Waals surface area contributed by atoms with Gasteiger partial charge in [0, 0.05) is 6.42 Å². The Kier molecular flexibility index (Phi) is 16.9. The monoisotopic (exact) mass is 340 g/mol. The van der Waals surface area contributed by atoms with Gasteiger partial charge < -0.3 is 4.74 Å². The van der Waals surface area contributed by atoms with Crippen LogP contribution in [0.4, 0.5) is 0 Å². The predicted molar refractivity (Wildman–Crippen MR) is 105 cm³/mol. The zero-order valence-corrected chi connectivity index (χ0v) is 17.1. The standard InChI is InChI=1S/C22H44O2/c1-5-7-10-15-21(16-11-8-6-2)18-19-24-22(23)17-13-9-12-14-20(3)4/h20-21H,5-19H2,1-4H3. The highest BCUT2D eigenvalue weighted by molar-refractivity contribution is 5.69. The van der Waals surface area contributed by atoms with Crippen LogP contribution in [0.1, 0.15) is 118 Å². The minimum absolute atomic E-state index is 0.0143. The first-order valence-corrected chi connectivity index (χ1v) is 10.8. The van der Waals surface area contributed by atoms with Crippen molar-refractivity contribution >= 4 is 5.97 Å². The molecule has 0 rings (SSSR count). The molecule has 0 heterocycles. The van der Waals surface area contributed by atoms with E-state index >= 15 is 0 Å². The second-order valence-corrected chi connectivity index (χ2v) is 7.86. The van der Waals surface area contributed by atoms with E-state index in [1.54, 1.807) is 0 Å². The normalized spacial score (nSPS) is 11.4. The third kappa shape index (κ3) is 16.3. The van der Waals surface area contributed by atoms with Crippen LogP contribution in [-0.4, -0.2) is 12.6 Å². The van der Waals surface area contributed by atoms with Crippen molar-refractivity contribution in [2.75, 3.05) is 6.61 Å². The summed E-state index contributed by atoms with van der Waals surface area (Å²) in [7, 11) is 0. The molecule has 144 valence electrons. The molecular weight excluding hydrogens is 296 g/mol. The highest BCUT2D eigenvalue weighted by Gasteiger charge is 2.10. The van der Waals surface area contributed by atoms with Gasteiger partial charge in [-0.15, -0.1) is 0 Å². The zero-order valence-electron chi connectivity index (χ0n) is 17.1. The van der Waals surface area contributed by atoms with Gasteiger partial charge in [-0.05, 0) is 24.7 Å². The first kappa shape index (κ1) is 23.5. The lowest BCUT2D eigenvalue weighted by Gasteiger charge is -2.16. The SMILES string of the molecule is CCCCCC(CCCCC)CCOC(=O)CCCCCC(C)C. The Morgan fingerprint density at radius 3 is 1.88 bits per heavy atom. The highest BCUT2D eigenvalue weighted by atomic mass is 16.5. The van der Waals surface area contributed by atoms with Crippen LogP contribution in [-0.2, 0) is 9.53 Å². The summed E-state index contributed by atoms with van der Waals surface area (Å²) < 4.78 is 5.47. The van der Waals surface area contributed by atoms with Crippen molar-refractivity contribution in [3.63, 3.8) is 0 Å². The topological polar surface area (TPSA) is 26.3 Å². The van der Waals surface area contributed by atoms with Gasteiger partial charge in [0.15, 0.2) is 0 Å². The van der Waals surface area contributed by atoms with Crippen LogP contribution in [0.15, 0.2) is 0 Å². The Morgan fingerprint density at radius 2 is 1.33 bits per heavy atom. The summed E-state index contributed by atoms with van der Waals surface area (Å²) in [6.07, 6.45) is 16.8. The van der Waals surface area contributed by atoms with Crippen molar-refractivity contribution in [2.45, 2.75) is 118 Å². The molecule has 0 aromatic heterocycles. The lowest BCUT2D eigenvalue weighted by molar-refractivity contribution is -0.144. The number of unbranched alkanes of at least 4 members (excludes halogenated alkanes) is 6. The van der Waals surface area contributed by atoms with Crippen LogP contribution < -0.4 is 0 Å². The maximum atomic E-state index is 11.8. The predicted octanol–water partition coefficient (Wildman–Crippen LogP) is 7.30. The number of carbonyl (C=O) groups is 1. The first-order chi connectivity index (χ1) is 11.6. The Balaban J connectivity index is 3.75. The molecule has 0 unspecified atom stereocenters. The van der Waals surface area contributed by atoms with Gasteiger partial charge in [-0.1, -0.05) is 98.3 Å². The van der Waals surface area contributed by atoms with Crippen molar-refractivity contribution in [1.82, 2.24) is 0 Å². The molecule has 0 bridgehead atoms. The lowest BCUT2D eigenvalue weighted by atomic mass is 9.92. The van der Waals surface area contributed by atoms with Crippen LogP contribution in [0.25, 0.3) is 0 Å². The van der Waals surface area contributed by atoms with E-state index in [0.29, 0.717) is 13.0 Å². The molecule has 0 aliphatic heterocycles. The summed E-state index contributed by atoms with van der Waals surface area (Å²) in [6.45, 7) is 9.66. The van der Waals surface area contributed by atoms with Crippen molar-refractivity contribution < 1.29 is 9.53 Å². The minimum Gasteiger partial charge on any atom is -0.466 e. The van der Waals surface area contributed by atoms with E-state index in [4.69, 9.17) is 4.74 Å². The molecule has 0 fully saturated rings. The number of hydrogen-bond acceptors (Lipinski definition) is 2. The van der Waals surface area contributed by atoms with Gasteiger partial charge in [-0.25, -0.2) is 0 Å². The van der Waals surface area contributed by atoms with E-state index in [-0.39, 0.29) is 5.97 Å². The van der Waals surface area contributed by atoms with E-state index in [9.17, 15) is 4.79 Å². The molecule has 2 heteroatoms. The quantitative estimate of drug-likeness (QED) is 0.205. The molecule has 0 amide bonds. The molecule has 0 aliphatic rings. The number of esters is 1. The molecule has 0 spiro atoms. The molecule has 0 saturated heterocycles. The molecule has 0 aliphatic carbocycles. The number of ether oxygens (including phenoxy) is 1. The Labute approximate surface area is 152 Å². The molecule has 0 aromatic rings. The summed E-state index contributed by atoms with van der Waals surface area (Å²) in [5.74, 6) is 1.54. The van der Waals surface area contributed by atoms with Gasteiger partial charge in [0.05, 0.1) is 6.61 Å². The summed E-state index contributed by atoms with van der Waals surface area (Å²) in [5, 5.41) is 0. The van der Waals surface area contributed by atoms with Gasteiger partial charge in [-0.2, -0.15) is 0 Å². The average Bonchev–Trinajstić information content (AvgIpc) is 2.54. The Hall–Kier alpha value is -0.530. The minimum atomic E-state index is 0.0143. The van der Waals surface area contributed by atoms with Crippen LogP contribution in [0.2, 0.25) is 0 Å². The third-order valence-electron chi connectivity index (χ3n) is 4.88.